The van der Waals surface area contributed by atoms with E-state index in [9.17, 15) is 19.5 Å². The van der Waals surface area contributed by atoms with Crippen LogP contribution in [0.3, 0.4) is 0 Å². The molecule has 0 aromatic rings. The van der Waals surface area contributed by atoms with Crippen molar-refractivity contribution in [2.24, 2.45) is 0 Å². The number of nitrogens with zero attached hydrogens (tertiary/aromatic N) is 1. The number of carboxylic acids is 1. The molecule has 59 heavy (non-hydrogen) atoms. The molecule has 0 saturated carbocycles. The van der Waals surface area contributed by atoms with Crippen molar-refractivity contribution in [1.29, 1.82) is 0 Å². The third-order valence-corrected chi connectivity index (χ3v) is 9.56. The van der Waals surface area contributed by atoms with Crippen LogP contribution in [0.5, 0.6) is 0 Å². The van der Waals surface area contributed by atoms with Gasteiger partial charge >= 0.3 is 11.9 Å². The molecule has 0 spiro atoms. The Kier molecular flexibility index (Phi) is 38.4. The van der Waals surface area contributed by atoms with Gasteiger partial charge in [-0.1, -0.05) is 162 Å². The third kappa shape index (κ3) is 39.5. The van der Waals surface area contributed by atoms with Crippen LogP contribution in [0.2, 0.25) is 0 Å². The first-order chi connectivity index (χ1) is 28.6. The largest absolute Gasteiger partial charge is 0.544 e. The van der Waals surface area contributed by atoms with Gasteiger partial charge in [-0.15, -0.1) is 0 Å². The van der Waals surface area contributed by atoms with Gasteiger partial charge in [-0.05, 0) is 70.6 Å². The molecule has 0 aliphatic carbocycles. The molecule has 0 N–H and O–H groups in total. The van der Waals surface area contributed by atoms with Gasteiger partial charge in [0.2, 0.25) is 0 Å². The summed E-state index contributed by atoms with van der Waals surface area (Å²) >= 11 is 0. The Labute approximate surface area is 360 Å². The van der Waals surface area contributed by atoms with Gasteiger partial charge in [0.25, 0.3) is 0 Å². The molecule has 0 fully saturated rings. The standard InChI is InChI=1S/C51H83NO7/c1-6-8-10-12-14-16-18-20-22-23-24-25-26-28-30-32-34-36-38-40-42-50(54)59-47(45-57-44-43-48(51(55)56)52(3,4)5)46-58-49(53)41-39-37-35-33-31-29-27-21-19-17-15-13-11-9-7-2/h8-11,13-17,19-22,24-25,27,47-48H,6-7,12,18,23,26,28-46H2,1-5H3/b10-8+,11-9+,15-13+,16-14+,19-17+,22-20+,25-24+,27-21+. The highest BCUT2D eigenvalue weighted by Gasteiger charge is 2.25. The minimum absolute atomic E-state index is 0.0219. The van der Waals surface area contributed by atoms with Gasteiger partial charge in [0, 0.05) is 19.3 Å². The number of hydrogen-bond acceptors (Lipinski definition) is 7. The number of carboxylic acid groups (broad SMARTS) is 1. The molecule has 0 aliphatic heterocycles. The summed E-state index contributed by atoms with van der Waals surface area (Å²) in [7, 11) is 5.38. The van der Waals surface area contributed by atoms with Crippen molar-refractivity contribution in [2.45, 2.75) is 167 Å². The molecule has 8 nitrogen and oxygen atoms in total. The number of carbonyl (C=O) groups excluding carboxylic acids is 3. The van der Waals surface area contributed by atoms with Crippen LogP contribution in [0.25, 0.3) is 0 Å². The molecule has 0 heterocycles. The van der Waals surface area contributed by atoms with Crippen LogP contribution in [0.1, 0.15) is 155 Å². The zero-order valence-corrected chi connectivity index (χ0v) is 37.9. The second-order valence-corrected chi connectivity index (χ2v) is 16.0. The lowest BCUT2D eigenvalue weighted by molar-refractivity contribution is -0.889. The molecule has 0 saturated heterocycles. The highest BCUT2D eigenvalue weighted by Crippen LogP contribution is 2.13. The minimum Gasteiger partial charge on any atom is -0.544 e. The smallest absolute Gasteiger partial charge is 0.306 e. The molecule has 0 aromatic heterocycles. The molecule has 0 aromatic carbocycles. The molecule has 0 radical (unpaired) electrons. The Bertz CT molecular complexity index is 1280. The fraction of sp³-hybridized carbons (Fsp3) is 0.627. The van der Waals surface area contributed by atoms with Crippen molar-refractivity contribution in [1.82, 2.24) is 0 Å². The lowest BCUT2D eigenvalue weighted by Crippen LogP contribution is -2.55. The van der Waals surface area contributed by atoms with Crippen molar-refractivity contribution in [3.05, 3.63) is 97.2 Å². The van der Waals surface area contributed by atoms with Crippen molar-refractivity contribution in [3.8, 4) is 0 Å². The number of rotatable bonds is 39. The number of unbranched alkanes of at least 4 members (excludes halogenated alkanes) is 12. The van der Waals surface area contributed by atoms with Crippen molar-refractivity contribution < 1.29 is 38.2 Å². The summed E-state index contributed by atoms with van der Waals surface area (Å²) in [6, 6.07) is -0.737. The number of hydrogen-bond donors (Lipinski definition) is 0. The number of allylic oxidation sites excluding steroid dienone is 16. The van der Waals surface area contributed by atoms with E-state index < -0.39 is 18.1 Å². The van der Waals surface area contributed by atoms with Crippen molar-refractivity contribution in [2.75, 3.05) is 41.0 Å². The van der Waals surface area contributed by atoms with Crippen LogP contribution >= 0.6 is 0 Å². The zero-order valence-electron chi connectivity index (χ0n) is 37.9. The Morgan fingerprint density at radius 2 is 0.983 bits per heavy atom. The van der Waals surface area contributed by atoms with Gasteiger partial charge < -0.3 is 28.6 Å². The molecular weight excluding hydrogens is 739 g/mol. The van der Waals surface area contributed by atoms with Crippen LogP contribution in [-0.2, 0) is 28.6 Å². The lowest BCUT2D eigenvalue weighted by Gasteiger charge is -2.34. The average Bonchev–Trinajstić information content (AvgIpc) is 3.19. The summed E-state index contributed by atoms with van der Waals surface area (Å²) < 4.78 is 17.1. The Hall–Kier alpha value is -3.75. The van der Waals surface area contributed by atoms with Gasteiger partial charge in [0.05, 0.1) is 40.3 Å². The SMILES string of the molecule is CC/C=C/C=C/C=C/C=C/CCCCCCCC(=O)OCC(COCCC(C(=O)[O-])[N+](C)(C)C)OC(=O)CCCCCCCCC/C=C/C/C=C/C/C=C/C/C=C/CC. The predicted octanol–water partition coefficient (Wildman–Crippen LogP) is 11.4. The number of quaternary nitrogens is 1. The maximum absolute atomic E-state index is 12.7. The number of likely N-dealkylation sites (N-methyl/N-ethyl adjacent to an activating group) is 1. The van der Waals surface area contributed by atoms with Gasteiger partial charge in [0.15, 0.2) is 6.10 Å². The second-order valence-electron chi connectivity index (χ2n) is 16.0. The molecule has 2 atom stereocenters. The molecule has 0 aliphatic rings. The fourth-order valence-electron chi connectivity index (χ4n) is 6.07. The summed E-state index contributed by atoms with van der Waals surface area (Å²) in [6.07, 6.45) is 54.3. The van der Waals surface area contributed by atoms with E-state index in [1.807, 2.05) is 30.4 Å². The fourth-order valence-corrected chi connectivity index (χ4v) is 6.07. The van der Waals surface area contributed by atoms with E-state index in [0.29, 0.717) is 12.8 Å². The Balaban J connectivity index is 4.39. The molecule has 334 valence electrons. The maximum Gasteiger partial charge on any atom is 0.306 e. The molecule has 0 rings (SSSR count). The number of aliphatic carboxylic acids is 1. The van der Waals surface area contributed by atoms with Crippen molar-refractivity contribution >= 4 is 17.9 Å². The lowest BCUT2D eigenvalue weighted by atomic mass is 10.1. The van der Waals surface area contributed by atoms with Gasteiger partial charge in [-0.25, -0.2) is 0 Å². The Morgan fingerprint density at radius 3 is 1.53 bits per heavy atom. The molecular formula is C51H83NO7. The van der Waals surface area contributed by atoms with E-state index in [0.717, 1.165) is 103 Å². The first-order valence-electron chi connectivity index (χ1n) is 22.8. The summed E-state index contributed by atoms with van der Waals surface area (Å²) in [6.45, 7) is 4.35. The summed E-state index contributed by atoms with van der Waals surface area (Å²) in [5.41, 5.74) is 0. The monoisotopic (exact) mass is 822 g/mol. The number of esters is 2. The van der Waals surface area contributed by atoms with Crippen molar-refractivity contribution in [3.63, 3.8) is 0 Å². The van der Waals surface area contributed by atoms with Crippen LogP contribution in [0.15, 0.2) is 97.2 Å². The van der Waals surface area contributed by atoms with Gasteiger partial charge in [-0.3, -0.25) is 9.59 Å². The average molecular weight is 822 g/mol. The highest BCUT2D eigenvalue weighted by atomic mass is 16.6. The third-order valence-electron chi connectivity index (χ3n) is 9.56. The van der Waals surface area contributed by atoms with E-state index in [4.69, 9.17) is 14.2 Å². The Morgan fingerprint density at radius 1 is 0.525 bits per heavy atom. The molecule has 0 bridgehead atoms. The molecule has 2 unspecified atom stereocenters. The van der Waals surface area contributed by atoms with Crippen LogP contribution in [0, 0.1) is 0 Å². The van der Waals surface area contributed by atoms with Crippen LogP contribution < -0.4 is 5.11 Å². The normalized spacial score (nSPS) is 13.8. The zero-order chi connectivity index (χ0) is 43.5. The quantitative estimate of drug-likeness (QED) is 0.0200. The van der Waals surface area contributed by atoms with E-state index in [2.05, 4.69) is 80.7 Å². The van der Waals surface area contributed by atoms with E-state index in [-0.39, 0.29) is 42.7 Å². The minimum atomic E-state index is -1.14. The first-order valence-corrected chi connectivity index (χ1v) is 22.8. The summed E-state index contributed by atoms with van der Waals surface area (Å²) in [5, 5.41) is 11.6. The molecule has 0 amide bonds. The predicted molar refractivity (Wildman–Crippen MR) is 245 cm³/mol. The summed E-state index contributed by atoms with van der Waals surface area (Å²) in [4.78, 5) is 36.9. The second kappa shape index (κ2) is 41.0. The topological polar surface area (TPSA) is 102 Å². The highest BCUT2D eigenvalue weighted by molar-refractivity contribution is 5.70. The van der Waals surface area contributed by atoms with E-state index in [1.165, 1.54) is 19.3 Å². The van der Waals surface area contributed by atoms with E-state index >= 15 is 0 Å². The maximum atomic E-state index is 12.7. The first kappa shape index (κ1) is 55.2. The number of ether oxygens (including phenoxy) is 3. The molecule has 8 heteroatoms. The number of carbonyl (C=O) groups is 3. The van der Waals surface area contributed by atoms with Gasteiger partial charge in [-0.2, -0.15) is 0 Å². The van der Waals surface area contributed by atoms with Crippen LogP contribution in [0.4, 0.5) is 0 Å². The van der Waals surface area contributed by atoms with E-state index in [1.54, 1.807) is 21.1 Å². The summed E-state index contributed by atoms with van der Waals surface area (Å²) in [5.74, 6) is -1.79. The van der Waals surface area contributed by atoms with Gasteiger partial charge in [0.1, 0.15) is 12.6 Å². The van der Waals surface area contributed by atoms with Crippen LogP contribution in [-0.4, -0.2) is 75.5 Å².